The number of carbonyl (C=O) groups excluding carboxylic acids is 1. The summed E-state index contributed by atoms with van der Waals surface area (Å²) in [5.74, 6) is -0.182. The Bertz CT molecular complexity index is 1520. The Kier molecular flexibility index (Phi) is 67.4. The molecule has 0 aromatic carbocycles. The van der Waals surface area contributed by atoms with Crippen LogP contribution in [0.15, 0.2) is 36.5 Å². The first-order valence-corrected chi connectivity index (χ1v) is 40.2. The molecule has 1 amide bonds. The number of rotatable bonds is 72. The van der Waals surface area contributed by atoms with Crippen LogP contribution in [-0.4, -0.2) is 87.5 Å². The van der Waals surface area contributed by atoms with E-state index in [2.05, 4.69) is 43.5 Å². The fourth-order valence-corrected chi connectivity index (χ4v) is 13.2. The average molecular weight is 1270 g/mol. The second-order valence-corrected chi connectivity index (χ2v) is 28.2. The van der Waals surface area contributed by atoms with E-state index in [4.69, 9.17) is 9.47 Å². The second-order valence-electron chi connectivity index (χ2n) is 28.2. The van der Waals surface area contributed by atoms with E-state index in [1.165, 1.54) is 353 Å². The Hall–Kier alpha value is -1.59. The summed E-state index contributed by atoms with van der Waals surface area (Å²) < 4.78 is 11.3. The number of hydrogen-bond donors (Lipinski definition) is 6. The van der Waals surface area contributed by atoms with Gasteiger partial charge in [-0.1, -0.05) is 403 Å². The first-order chi connectivity index (χ1) is 44.3. The van der Waals surface area contributed by atoms with Gasteiger partial charge in [-0.3, -0.25) is 4.79 Å². The van der Waals surface area contributed by atoms with Crippen molar-refractivity contribution in [2.24, 2.45) is 0 Å². The largest absolute Gasteiger partial charge is 0.394 e. The van der Waals surface area contributed by atoms with Gasteiger partial charge in [-0.25, -0.2) is 0 Å². The molecule has 0 saturated carbocycles. The molecule has 1 aliphatic heterocycles. The number of hydrogen-bond acceptors (Lipinski definition) is 8. The van der Waals surface area contributed by atoms with Crippen molar-refractivity contribution in [3.05, 3.63) is 36.5 Å². The maximum absolute atomic E-state index is 13.2. The van der Waals surface area contributed by atoms with Crippen LogP contribution < -0.4 is 5.32 Å². The zero-order valence-corrected chi connectivity index (χ0v) is 59.9. The highest BCUT2D eigenvalue weighted by Gasteiger charge is 2.44. The number of amides is 1. The highest BCUT2D eigenvalue weighted by molar-refractivity contribution is 5.76. The number of unbranched alkanes of at least 4 members (excludes halogenated alkanes) is 58. The van der Waals surface area contributed by atoms with Crippen LogP contribution in [0.3, 0.4) is 0 Å². The van der Waals surface area contributed by atoms with Crippen molar-refractivity contribution < 1.29 is 39.8 Å². The molecule has 1 aliphatic rings. The van der Waals surface area contributed by atoms with E-state index in [-0.39, 0.29) is 12.5 Å². The Morgan fingerprint density at radius 3 is 0.933 bits per heavy atom. The van der Waals surface area contributed by atoms with Crippen LogP contribution in [0.25, 0.3) is 0 Å². The van der Waals surface area contributed by atoms with Crippen LogP contribution in [0.2, 0.25) is 0 Å². The van der Waals surface area contributed by atoms with Gasteiger partial charge in [-0.15, -0.1) is 0 Å². The lowest BCUT2D eigenvalue weighted by atomic mass is 9.99. The van der Waals surface area contributed by atoms with Gasteiger partial charge in [0, 0.05) is 6.42 Å². The smallest absolute Gasteiger partial charge is 0.220 e. The molecule has 0 spiro atoms. The topological polar surface area (TPSA) is 149 Å². The predicted molar refractivity (Wildman–Crippen MR) is 387 cm³/mol. The summed E-state index contributed by atoms with van der Waals surface area (Å²) >= 11 is 0. The summed E-state index contributed by atoms with van der Waals surface area (Å²) in [7, 11) is 0. The van der Waals surface area contributed by atoms with Crippen molar-refractivity contribution >= 4 is 5.91 Å². The van der Waals surface area contributed by atoms with Crippen LogP contribution in [0.5, 0.6) is 0 Å². The normalized spacial score (nSPS) is 17.9. The van der Waals surface area contributed by atoms with Crippen LogP contribution in [0, 0.1) is 0 Å². The summed E-state index contributed by atoms with van der Waals surface area (Å²) in [6.07, 6.45) is 88.9. The first kappa shape index (κ1) is 86.4. The molecule has 9 nitrogen and oxygen atoms in total. The van der Waals surface area contributed by atoms with Crippen molar-refractivity contribution in [3.8, 4) is 0 Å². The molecule has 9 heteroatoms. The van der Waals surface area contributed by atoms with E-state index in [9.17, 15) is 30.3 Å². The highest BCUT2D eigenvalue weighted by atomic mass is 16.7. The lowest BCUT2D eigenvalue weighted by Crippen LogP contribution is -2.60. The molecule has 1 rings (SSSR count). The third-order valence-electron chi connectivity index (χ3n) is 19.4. The van der Waals surface area contributed by atoms with Crippen LogP contribution >= 0.6 is 0 Å². The third kappa shape index (κ3) is 57.8. The number of ether oxygens (including phenoxy) is 2. The average Bonchev–Trinajstić information content (AvgIpc) is 1.72. The molecule has 1 saturated heterocycles. The fraction of sp³-hybridized carbons (Fsp3) is 0.914. The Labute approximate surface area is 559 Å². The van der Waals surface area contributed by atoms with Gasteiger partial charge in [0.25, 0.3) is 0 Å². The molecule has 0 bridgehead atoms. The quantitative estimate of drug-likeness (QED) is 0.0261. The zero-order chi connectivity index (χ0) is 64.9. The van der Waals surface area contributed by atoms with Crippen molar-refractivity contribution in [1.29, 1.82) is 0 Å². The molecule has 532 valence electrons. The van der Waals surface area contributed by atoms with Gasteiger partial charge in [0.2, 0.25) is 5.91 Å². The van der Waals surface area contributed by atoms with E-state index in [1.54, 1.807) is 6.08 Å². The Balaban J connectivity index is 2.05. The van der Waals surface area contributed by atoms with Gasteiger partial charge in [0.05, 0.1) is 25.4 Å². The molecule has 0 radical (unpaired) electrons. The van der Waals surface area contributed by atoms with Crippen LogP contribution in [0.4, 0.5) is 0 Å². The molecule has 0 aliphatic carbocycles. The molecule has 1 fully saturated rings. The van der Waals surface area contributed by atoms with E-state index in [0.29, 0.717) is 6.42 Å². The Morgan fingerprint density at radius 2 is 0.633 bits per heavy atom. The molecule has 0 aromatic rings. The summed E-state index contributed by atoms with van der Waals surface area (Å²) in [6, 6.07) is -0.829. The molecule has 0 aromatic heterocycles. The minimum atomic E-state index is -1.58. The lowest BCUT2D eigenvalue weighted by molar-refractivity contribution is -0.302. The summed E-state index contributed by atoms with van der Waals surface area (Å²) in [6.45, 7) is 3.82. The minimum absolute atomic E-state index is 0.182. The zero-order valence-electron chi connectivity index (χ0n) is 59.9. The second kappa shape index (κ2) is 70.2. The van der Waals surface area contributed by atoms with Gasteiger partial charge in [0.1, 0.15) is 24.4 Å². The first-order valence-electron chi connectivity index (χ1n) is 40.2. The van der Waals surface area contributed by atoms with Crippen molar-refractivity contribution in [2.45, 2.75) is 461 Å². The summed E-state index contributed by atoms with van der Waals surface area (Å²) in [5.41, 5.74) is 0. The third-order valence-corrected chi connectivity index (χ3v) is 19.4. The number of carbonyl (C=O) groups is 1. The number of allylic oxidation sites excluding steroid dienone is 5. The summed E-state index contributed by atoms with van der Waals surface area (Å²) in [5, 5.41) is 54.8. The Morgan fingerprint density at radius 1 is 0.367 bits per heavy atom. The number of nitrogens with one attached hydrogen (secondary N) is 1. The van der Waals surface area contributed by atoms with E-state index >= 15 is 0 Å². The van der Waals surface area contributed by atoms with Gasteiger partial charge >= 0.3 is 0 Å². The molecule has 7 unspecified atom stereocenters. The molecule has 90 heavy (non-hydrogen) atoms. The number of aliphatic hydroxyl groups excluding tert-OH is 5. The van der Waals surface area contributed by atoms with E-state index in [0.717, 1.165) is 44.9 Å². The SMILES string of the molecule is CCCCCCCCCCCCCCCCCC/C=C/CC/C=C/CC/C=C/C(O)C(COC1OC(CO)C(O)C(O)C1O)NC(=O)CCCCCCCCCCCCCCCCCCCCCCCCCCCCCCCCCCCCCCCCCCC. The van der Waals surface area contributed by atoms with Crippen LogP contribution in [0.1, 0.15) is 418 Å². The van der Waals surface area contributed by atoms with E-state index in [1.807, 2.05) is 6.08 Å². The maximum Gasteiger partial charge on any atom is 0.220 e. The highest BCUT2D eigenvalue weighted by Crippen LogP contribution is 2.24. The monoisotopic (exact) mass is 1270 g/mol. The van der Waals surface area contributed by atoms with Crippen molar-refractivity contribution in [3.63, 3.8) is 0 Å². The fourth-order valence-electron chi connectivity index (χ4n) is 13.2. The molecule has 7 atom stereocenters. The van der Waals surface area contributed by atoms with Gasteiger partial charge < -0.3 is 40.3 Å². The minimum Gasteiger partial charge on any atom is -0.394 e. The molecule has 1 heterocycles. The summed E-state index contributed by atoms with van der Waals surface area (Å²) in [4.78, 5) is 13.2. The number of aliphatic hydroxyl groups is 5. The van der Waals surface area contributed by atoms with Gasteiger partial charge in [-0.2, -0.15) is 0 Å². The van der Waals surface area contributed by atoms with Gasteiger partial charge in [0.15, 0.2) is 6.29 Å². The van der Waals surface area contributed by atoms with Gasteiger partial charge in [-0.05, 0) is 44.9 Å². The standard InChI is InChI=1S/C81H155NO8/c1-3-5-7-9-11-13-15-17-19-21-23-25-27-29-31-32-33-34-35-36-37-38-39-40-41-42-43-44-45-47-49-51-53-55-57-59-61-63-65-67-69-71-77(85)82-74(73-89-81-80(88)79(87)78(86)76(72-83)90-81)75(84)70-68-66-64-62-60-58-56-54-52-50-48-46-30-28-26-24-22-20-18-16-14-12-10-8-6-4-2/h52,54,60,62,68,70,74-76,78-81,83-84,86-88H,3-51,53,55-59,61,63-67,69,71-73H2,1-2H3,(H,82,85)/b54-52+,62-60+,70-68+. The lowest BCUT2D eigenvalue weighted by Gasteiger charge is -2.40. The molecular weight excluding hydrogens is 1110 g/mol. The predicted octanol–water partition coefficient (Wildman–Crippen LogP) is 22.9. The maximum atomic E-state index is 13.2. The molecule has 6 N–H and O–H groups in total. The van der Waals surface area contributed by atoms with E-state index < -0.39 is 49.5 Å². The van der Waals surface area contributed by atoms with Crippen molar-refractivity contribution in [2.75, 3.05) is 13.2 Å². The van der Waals surface area contributed by atoms with Crippen molar-refractivity contribution in [1.82, 2.24) is 5.32 Å². The molecular formula is C81H155NO8. The van der Waals surface area contributed by atoms with Crippen LogP contribution in [-0.2, 0) is 14.3 Å².